The molecule has 0 aliphatic heterocycles. The van der Waals surface area contributed by atoms with Gasteiger partial charge in [0.05, 0.1) is 24.9 Å². The summed E-state index contributed by atoms with van der Waals surface area (Å²) in [6.45, 7) is 3.71. The highest BCUT2D eigenvalue weighted by Gasteiger charge is 2.16. The number of pyridine rings is 1. The molecule has 1 aromatic carbocycles. The average Bonchev–Trinajstić information content (AvgIpc) is 3.12. The Hall–Kier alpha value is -3.53. The maximum absolute atomic E-state index is 12.6. The van der Waals surface area contributed by atoms with E-state index in [1.807, 2.05) is 13.8 Å². The first-order valence-electron chi connectivity index (χ1n) is 9.44. The number of ether oxygens (including phenoxy) is 1. The van der Waals surface area contributed by atoms with Crippen LogP contribution in [0.1, 0.15) is 27.4 Å². The lowest BCUT2D eigenvalue weighted by Crippen LogP contribution is -2.44. The smallest absolute Gasteiger partial charge is 0.272 e. The summed E-state index contributed by atoms with van der Waals surface area (Å²) >= 11 is 1.40. The SMILES string of the molecule is COc1ccc(NCC(=O)NNC(=O)c2cccnc2SCc2c(C)noc2C)cc1. The zero-order chi connectivity index (χ0) is 22.2. The molecule has 0 aliphatic carbocycles. The van der Waals surface area contributed by atoms with Crippen molar-refractivity contribution in [3.63, 3.8) is 0 Å². The lowest BCUT2D eigenvalue weighted by molar-refractivity contribution is -0.120. The van der Waals surface area contributed by atoms with Crippen molar-refractivity contribution in [3.8, 4) is 5.75 Å². The molecule has 0 radical (unpaired) electrons. The van der Waals surface area contributed by atoms with Crippen LogP contribution in [0.15, 0.2) is 52.1 Å². The van der Waals surface area contributed by atoms with Gasteiger partial charge in [-0.3, -0.25) is 20.4 Å². The van der Waals surface area contributed by atoms with Crippen LogP contribution < -0.4 is 20.9 Å². The highest BCUT2D eigenvalue weighted by molar-refractivity contribution is 7.98. The Bertz CT molecular complexity index is 1030. The highest BCUT2D eigenvalue weighted by atomic mass is 32.2. The summed E-state index contributed by atoms with van der Waals surface area (Å²) in [5.74, 6) is 1.19. The molecular formula is C21H23N5O4S. The summed E-state index contributed by atoms with van der Waals surface area (Å²) in [7, 11) is 1.58. The Balaban J connectivity index is 1.52. The Morgan fingerprint density at radius 1 is 1.13 bits per heavy atom. The summed E-state index contributed by atoms with van der Waals surface area (Å²) in [6, 6.07) is 10.5. The van der Waals surface area contributed by atoms with E-state index in [1.54, 1.807) is 49.7 Å². The lowest BCUT2D eigenvalue weighted by atomic mass is 10.2. The topological polar surface area (TPSA) is 118 Å². The van der Waals surface area contributed by atoms with Crippen LogP contribution in [0.5, 0.6) is 5.75 Å². The van der Waals surface area contributed by atoms with Gasteiger partial charge in [0, 0.05) is 23.2 Å². The first kappa shape index (κ1) is 22.2. The van der Waals surface area contributed by atoms with Crippen molar-refractivity contribution < 1.29 is 18.8 Å². The fraction of sp³-hybridized carbons (Fsp3) is 0.238. The molecule has 3 N–H and O–H groups in total. The molecule has 3 aromatic rings. The molecule has 0 saturated carbocycles. The van der Waals surface area contributed by atoms with E-state index in [0.717, 1.165) is 28.5 Å². The number of amides is 2. The summed E-state index contributed by atoms with van der Waals surface area (Å²) in [4.78, 5) is 28.9. The van der Waals surface area contributed by atoms with Gasteiger partial charge in [-0.25, -0.2) is 4.98 Å². The van der Waals surface area contributed by atoms with Gasteiger partial charge in [0.2, 0.25) is 0 Å². The van der Waals surface area contributed by atoms with E-state index >= 15 is 0 Å². The third kappa shape index (κ3) is 5.98. The summed E-state index contributed by atoms with van der Waals surface area (Å²) in [5, 5.41) is 7.45. The van der Waals surface area contributed by atoms with E-state index in [4.69, 9.17) is 9.26 Å². The molecule has 0 aliphatic rings. The van der Waals surface area contributed by atoms with E-state index in [0.29, 0.717) is 16.3 Å². The van der Waals surface area contributed by atoms with Crippen molar-refractivity contribution in [2.24, 2.45) is 0 Å². The number of thioether (sulfide) groups is 1. The van der Waals surface area contributed by atoms with Crippen molar-refractivity contribution >= 4 is 29.3 Å². The second kappa shape index (κ2) is 10.5. The summed E-state index contributed by atoms with van der Waals surface area (Å²) in [5.41, 5.74) is 7.73. The zero-order valence-electron chi connectivity index (χ0n) is 17.4. The van der Waals surface area contributed by atoms with Gasteiger partial charge in [-0.15, -0.1) is 11.8 Å². The second-order valence-corrected chi connectivity index (χ2v) is 7.50. The highest BCUT2D eigenvalue weighted by Crippen LogP contribution is 2.27. The van der Waals surface area contributed by atoms with Gasteiger partial charge in [-0.05, 0) is 50.2 Å². The summed E-state index contributed by atoms with van der Waals surface area (Å²) < 4.78 is 10.3. The van der Waals surface area contributed by atoms with Crippen molar-refractivity contribution in [3.05, 3.63) is 65.2 Å². The molecule has 0 spiro atoms. The molecule has 2 amide bonds. The molecule has 31 heavy (non-hydrogen) atoms. The molecule has 9 nitrogen and oxygen atoms in total. The Kier molecular flexibility index (Phi) is 7.50. The number of anilines is 1. The molecule has 10 heteroatoms. The quantitative estimate of drug-likeness (QED) is 0.361. The first-order chi connectivity index (χ1) is 15.0. The predicted molar refractivity (Wildman–Crippen MR) is 117 cm³/mol. The Morgan fingerprint density at radius 2 is 1.90 bits per heavy atom. The number of benzene rings is 1. The van der Waals surface area contributed by atoms with E-state index in [1.165, 1.54) is 11.8 Å². The molecule has 0 fully saturated rings. The van der Waals surface area contributed by atoms with Crippen molar-refractivity contribution in [2.45, 2.75) is 24.6 Å². The Labute approximate surface area is 183 Å². The van der Waals surface area contributed by atoms with Crippen LogP contribution in [-0.4, -0.2) is 35.6 Å². The van der Waals surface area contributed by atoms with Crippen LogP contribution >= 0.6 is 11.8 Å². The molecule has 2 aromatic heterocycles. The number of hydrogen-bond acceptors (Lipinski definition) is 8. The zero-order valence-corrected chi connectivity index (χ0v) is 18.2. The van der Waals surface area contributed by atoms with E-state index in [-0.39, 0.29) is 6.54 Å². The van der Waals surface area contributed by atoms with Crippen molar-refractivity contribution in [1.29, 1.82) is 0 Å². The number of hydrazine groups is 1. The van der Waals surface area contributed by atoms with Crippen LogP contribution in [0, 0.1) is 13.8 Å². The fourth-order valence-electron chi connectivity index (χ4n) is 2.66. The standard InChI is InChI=1S/C21H23N5O4S/c1-13-18(14(2)30-26-13)12-31-21-17(5-4-10-22-21)20(28)25-24-19(27)11-23-15-6-8-16(29-3)9-7-15/h4-10,23H,11-12H2,1-3H3,(H,24,27)(H,25,28). The molecule has 2 heterocycles. The third-order valence-corrected chi connectivity index (χ3v) is 5.44. The van der Waals surface area contributed by atoms with Crippen LogP contribution in [-0.2, 0) is 10.5 Å². The maximum atomic E-state index is 12.6. The average molecular weight is 442 g/mol. The minimum absolute atomic E-state index is 0.00665. The Morgan fingerprint density at radius 3 is 2.58 bits per heavy atom. The van der Waals surface area contributed by atoms with Crippen LogP contribution in [0.2, 0.25) is 0 Å². The number of carbonyl (C=O) groups is 2. The van der Waals surface area contributed by atoms with Crippen molar-refractivity contribution in [1.82, 2.24) is 21.0 Å². The largest absolute Gasteiger partial charge is 0.497 e. The molecule has 0 saturated heterocycles. The molecular weight excluding hydrogens is 418 g/mol. The number of aryl methyl sites for hydroxylation is 2. The van der Waals surface area contributed by atoms with Crippen molar-refractivity contribution in [2.75, 3.05) is 19.0 Å². The predicted octanol–water partition coefficient (Wildman–Crippen LogP) is 2.86. The van der Waals surface area contributed by atoms with Gasteiger partial charge in [-0.2, -0.15) is 0 Å². The number of methoxy groups -OCH3 is 1. The van der Waals surface area contributed by atoms with Crippen LogP contribution in [0.3, 0.4) is 0 Å². The number of carbonyl (C=O) groups excluding carboxylic acids is 2. The van der Waals surface area contributed by atoms with Gasteiger partial charge in [0.25, 0.3) is 11.8 Å². The fourth-order valence-corrected chi connectivity index (χ4v) is 3.80. The van der Waals surface area contributed by atoms with Crippen LogP contribution in [0.4, 0.5) is 5.69 Å². The van der Waals surface area contributed by atoms with Gasteiger partial charge in [-0.1, -0.05) is 5.16 Å². The lowest BCUT2D eigenvalue weighted by Gasteiger charge is -2.11. The second-order valence-electron chi connectivity index (χ2n) is 6.53. The van der Waals surface area contributed by atoms with E-state index in [9.17, 15) is 9.59 Å². The normalized spacial score (nSPS) is 10.4. The number of aromatic nitrogens is 2. The minimum atomic E-state index is -0.452. The van der Waals surface area contributed by atoms with E-state index < -0.39 is 11.8 Å². The van der Waals surface area contributed by atoms with Gasteiger partial charge in [0.1, 0.15) is 16.5 Å². The molecule has 0 bridgehead atoms. The van der Waals surface area contributed by atoms with Gasteiger partial charge in [0.15, 0.2) is 0 Å². The van der Waals surface area contributed by atoms with Gasteiger partial charge < -0.3 is 14.6 Å². The molecule has 3 rings (SSSR count). The minimum Gasteiger partial charge on any atom is -0.497 e. The number of nitrogens with one attached hydrogen (secondary N) is 3. The number of nitrogens with zero attached hydrogens (tertiary/aromatic N) is 2. The molecule has 162 valence electrons. The number of rotatable bonds is 8. The number of hydrogen-bond donors (Lipinski definition) is 3. The monoisotopic (exact) mass is 441 g/mol. The van der Waals surface area contributed by atoms with E-state index in [2.05, 4.69) is 26.3 Å². The summed E-state index contributed by atoms with van der Waals surface area (Å²) in [6.07, 6.45) is 1.61. The molecule has 0 atom stereocenters. The first-order valence-corrected chi connectivity index (χ1v) is 10.4. The molecule has 0 unspecified atom stereocenters. The maximum Gasteiger partial charge on any atom is 0.272 e. The van der Waals surface area contributed by atoms with Crippen LogP contribution in [0.25, 0.3) is 0 Å². The van der Waals surface area contributed by atoms with Gasteiger partial charge >= 0.3 is 0 Å². The third-order valence-electron chi connectivity index (χ3n) is 4.41.